The second-order valence-corrected chi connectivity index (χ2v) is 5.28. The van der Waals surface area contributed by atoms with Crippen LogP contribution in [0.2, 0.25) is 0 Å². The van der Waals surface area contributed by atoms with Crippen LogP contribution in [0.1, 0.15) is 30.6 Å². The molecule has 0 aromatic heterocycles. The molecule has 1 aliphatic heterocycles. The van der Waals surface area contributed by atoms with E-state index in [-0.39, 0.29) is 6.10 Å². The molecule has 0 unspecified atom stereocenters. The first-order valence-electron chi connectivity index (χ1n) is 7.55. The average molecular weight is 283 g/mol. The van der Waals surface area contributed by atoms with Crippen LogP contribution in [0.25, 0.3) is 0 Å². The molecular weight excluding hydrogens is 262 g/mol. The van der Waals surface area contributed by atoms with E-state index in [1.54, 1.807) is 0 Å². The van der Waals surface area contributed by atoms with Crippen LogP contribution < -0.4 is 14.8 Å². The van der Waals surface area contributed by atoms with Crippen LogP contribution in [-0.2, 0) is 6.54 Å². The quantitative estimate of drug-likeness (QED) is 0.849. The van der Waals surface area contributed by atoms with Gasteiger partial charge in [0.2, 0.25) is 0 Å². The SMILES string of the molecule is CCCNCc1ccc([C@H]2COc3ccccc3O2)cc1. The summed E-state index contributed by atoms with van der Waals surface area (Å²) < 4.78 is 11.8. The van der Waals surface area contributed by atoms with Crippen LogP contribution in [0.15, 0.2) is 48.5 Å². The Morgan fingerprint density at radius 2 is 1.81 bits per heavy atom. The van der Waals surface area contributed by atoms with Gasteiger partial charge in [-0.25, -0.2) is 0 Å². The molecule has 0 amide bonds. The van der Waals surface area contributed by atoms with E-state index in [0.29, 0.717) is 6.61 Å². The van der Waals surface area contributed by atoms with E-state index < -0.39 is 0 Å². The second kappa shape index (κ2) is 6.64. The van der Waals surface area contributed by atoms with E-state index in [9.17, 15) is 0 Å². The van der Waals surface area contributed by atoms with E-state index in [0.717, 1.165) is 36.6 Å². The molecule has 2 aromatic rings. The first-order chi connectivity index (χ1) is 10.4. The molecule has 1 N–H and O–H groups in total. The molecule has 0 bridgehead atoms. The van der Waals surface area contributed by atoms with Gasteiger partial charge in [-0.05, 0) is 36.2 Å². The van der Waals surface area contributed by atoms with Gasteiger partial charge in [0, 0.05) is 6.54 Å². The van der Waals surface area contributed by atoms with Crippen LogP contribution in [0, 0.1) is 0 Å². The molecule has 3 rings (SSSR count). The normalized spacial score (nSPS) is 16.7. The van der Waals surface area contributed by atoms with Gasteiger partial charge in [-0.15, -0.1) is 0 Å². The average Bonchev–Trinajstić information content (AvgIpc) is 2.55. The zero-order valence-electron chi connectivity index (χ0n) is 12.3. The number of nitrogens with one attached hydrogen (secondary N) is 1. The monoisotopic (exact) mass is 283 g/mol. The highest BCUT2D eigenvalue weighted by molar-refractivity contribution is 5.41. The molecule has 110 valence electrons. The van der Waals surface area contributed by atoms with E-state index in [1.165, 1.54) is 5.56 Å². The summed E-state index contributed by atoms with van der Waals surface area (Å²) in [6.45, 7) is 4.70. The minimum Gasteiger partial charge on any atom is -0.485 e. The summed E-state index contributed by atoms with van der Waals surface area (Å²) in [6.07, 6.45) is 1.13. The van der Waals surface area contributed by atoms with Gasteiger partial charge in [-0.3, -0.25) is 0 Å². The Kier molecular flexibility index (Phi) is 4.41. The molecule has 0 saturated heterocycles. The Morgan fingerprint density at radius 3 is 2.57 bits per heavy atom. The molecule has 0 fully saturated rings. The van der Waals surface area contributed by atoms with E-state index in [1.807, 2.05) is 24.3 Å². The number of fused-ring (bicyclic) bond motifs is 1. The van der Waals surface area contributed by atoms with E-state index in [4.69, 9.17) is 9.47 Å². The van der Waals surface area contributed by atoms with Gasteiger partial charge in [0.05, 0.1) is 0 Å². The third-order valence-corrected chi connectivity index (χ3v) is 3.62. The maximum absolute atomic E-state index is 6.02. The standard InChI is InChI=1S/C18H21NO2/c1-2-11-19-12-14-7-9-15(10-8-14)18-13-20-16-5-3-4-6-17(16)21-18/h3-10,18-19H,2,11-13H2,1H3/t18-/m1/s1. The first kappa shape index (κ1) is 14.0. The topological polar surface area (TPSA) is 30.5 Å². The largest absolute Gasteiger partial charge is 0.485 e. The molecule has 3 nitrogen and oxygen atoms in total. The molecule has 0 saturated carbocycles. The van der Waals surface area contributed by atoms with Crippen molar-refractivity contribution < 1.29 is 9.47 Å². The smallest absolute Gasteiger partial charge is 0.162 e. The minimum absolute atomic E-state index is 0.0300. The van der Waals surface area contributed by atoms with Crippen molar-refractivity contribution in [3.63, 3.8) is 0 Å². The number of rotatable bonds is 5. The summed E-state index contributed by atoms with van der Waals surface area (Å²) >= 11 is 0. The highest BCUT2D eigenvalue weighted by Gasteiger charge is 2.21. The van der Waals surface area contributed by atoms with Crippen molar-refractivity contribution in [3.8, 4) is 11.5 Å². The lowest BCUT2D eigenvalue weighted by Crippen LogP contribution is -2.21. The van der Waals surface area contributed by atoms with Crippen molar-refractivity contribution in [2.45, 2.75) is 26.0 Å². The molecule has 21 heavy (non-hydrogen) atoms. The predicted molar refractivity (Wildman–Crippen MR) is 83.7 cm³/mol. The van der Waals surface area contributed by atoms with Crippen LogP contribution in [0.3, 0.4) is 0 Å². The highest BCUT2D eigenvalue weighted by Crippen LogP contribution is 2.35. The Labute approximate surface area is 125 Å². The Morgan fingerprint density at radius 1 is 1.05 bits per heavy atom. The second-order valence-electron chi connectivity index (χ2n) is 5.28. The molecule has 3 heteroatoms. The summed E-state index contributed by atoms with van der Waals surface area (Å²) in [5.41, 5.74) is 2.45. The summed E-state index contributed by atoms with van der Waals surface area (Å²) in [5, 5.41) is 3.41. The number of ether oxygens (including phenoxy) is 2. The van der Waals surface area contributed by atoms with Gasteiger partial charge in [0.1, 0.15) is 6.61 Å². The maximum Gasteiger partial charge on any atom is 0.162 e. The Bertz CT molecular complexity index is 580. The lowest BCUT2D eigenvalue weighted by molar-refractivity contribution is 0.0913. The van der Waals surface area contributed by atoms with Gasteiger partial charge < -0.3 is 14.8 Å². The third kappa shape index (κ3) is 3.37. The molecule has 1 heterocycles. The van der Waals surface area contributed by atoms with Crippen LogP contribution in [-0.4, -0.2) is 13.2 Å². The molecule has 0 spiro atoms. The maximum atomic E-state index is 6.02. The first-order valence-corrected chi connectivity index (χ1v) is 7.55. The fourth-order valence-electron chi connectivity index (χ4n) is 2.44. The number of benzene rings is 2. The third-order valence-electron chi connectivity index (χ3n) is 3.62. The van der Waals surface area contributed by atoms with Crippen molar-refractivity contribution in [3.05, 3.63) is 59.7 Å². The lowest BCUT2D eigenvalue weighted by atomic mass is 10.1. The number of para-hydroxylation sites is 2. The zero-order valence-corrected chi connectivity index (χ0v) is 12.3. The summed E-state index contributed by atoms with van der Waals surface area (Å²) in [6, 6.07) is 16.4. The summed E-state index contributed by atoms with van der Waals surface area (Å²) in [7, 11) is 0. The number of hydrogen-bond acceptors (Lipinski definition) is 3. The van der Waals surface area contributed by atoms with Crippen LogP contribution in [0.4, 0.5) is 0 Å². The summed E-state index contributed by atoms with van der Waals surface area (Å²) in [4.78, 5) is 0. The molecular formula is C18H21NO2. The highest BCUT2D eigenvalue weighted by atomic mass is 16.6. The van der Waals surface area contributed by atoms with Crippen LogP contribution >= 0.6 is 0 Å². The summed E-state index contributed by atoms with van der Waals surface area (Å²) in [5.74, 6) is 1.65. The molecule has 1 aliphatic rings. The van der Waals surface area contributed by atoms with Crippen molar-refractivity contribution in [2.75, 3.05) is 13.2 Å². The van der Waals surface area contributed by atoms with E-state index in [2.05, 4.69) is 36.5 Å². The number of hydrogen-bond donors (Lipinski definition) is 1. The molecule has 0 aliphatic carbocycles. The predicted octanol–water partition coefficient (Wildman–Crippen LogP) is 3.70. The molecule has 0 radical (unpaired) electrons. The van der Waals surface area contributed by atoms with Gasteiger partial charge in [-0.1, -0.05) is 43.3 Å². The van der Waals surface area contributed by atoms with Crippen molar-refractivity contribution in [1.29, 1.82) is 0 Å². The Balaban J connectivity index is 1.65. The fraction of sp³-hybridized carbons (Fsp3) is 0.333. The van der Waals surface area contributed by atoms with Crippen LogP contribution in [0.5, 0.6) is 11.5 Å². The molecule has 2 aromatic carbocycles. The van der Waals surface area contributed by atoms with Gasteiger partial charge in [0.25, 0.3) is 0 Å². The fourth-order valence-corrected chi connectivity index (χ4v) is 2.44. The van der Waals surface area contributed by atoms with Crippen molar-refractivity contribution >= 4 is 0 Å². The van der Waals surface area contributed by atoms with Crippen molar-refractivity contribution in [2.24, 2.45) is 0 Å². The van der Waals surface area contributed by atoms with Crippen molar-refractivity contribution in [1.82, 2.24) is 5.32 Å². The Hall–Kier alpha value is -2.00. The van der Waals surface area contributed by atoms with E-state index >= 15 is 0 Å². The molecule has 1 atom stereocenters. The minimum atomic E-state index is -0.0300. The van der Waals surface area contributed by atoms with Gasteiger partial charge in [-0.2, -0.15) is 0 Å². The lowest BCUT2D eigenvalue weighted by Gasteiger charge is -2.26. The van der Waals surface area contributed by atoms with Gasteiger partial charge in [0.15, 0.2) is 17.6 Å². The zero-order chi connectivity index (χ0) is 14.5. The van der Waals surface area contributed by atoms with Gasteiger partial charge >= 0.3 is 0 Å².